The van der Waals surface area contributed by atoms with Crippen LogP contribution in [0.2, 0.25) is 0 Å². The minimum atomic E-state index is -3.97. The first-order valence-electron chi connectivity index (χ1n) is 12.5. The first-order chi connectivity index (χ1) is 17.9. The van der Waals surface area contributed by atoms with Gasteiger partial charge in [-0.25, -0.2) is 18.1 Å². The maximum absolute atomic E-state index is 13.4. The van der Waals surface area contributed by atoms with Crippen LogP contribution in [0.5, 0.6) is 17.2 Å². The monoisotopic (exact) mass is 551 g/mol. The van der Waals surface area contributed by atoms with Gasteiger partial charge in [-0.1, -0.05) is 6.07 Å². The number of aromatic nitrogens is 1. The van der Waals surface area contributed by atoms with E-state index in [0.29, 0.717) is 41.8 Å². The van der Waals surface area contributed by atoms with E-state index in [1.165, 1.54) is 19.4 Å². The van der Waals surface area contributed by atoms with Crippen molar-refractivity contribution in [3.05, 3.63) is 36.0 Å². The van der Waals surface area contributed by atoms with Crippen molar-refractivity contribution in [1.29, 1.82) is 0 Å². The Morgan fingerprint density at radius 3 is 2.78 bits per heavy atom. The second-order valence-electron chi connectivity index (χ2n) is 9.38. The number of thioether (sulfide) groups is 1. The number of anilines is 1. The second-order valence-corrected chi connectivity index (χ2v) is 12.3. The zero-order valence-electron chi connectivity index (χ0n) is 20.8. The van der Waals surface area contributed by atoms with Gasteiger partial charge in [0.25, 0.3) is 0 Å². The number of aliphatic hydroxyl groups excluding tert-OH is 1. The summed E-state index contributed by atoms with van der Waals surface area (Å²) in [5, 5.41) is 9.60. The number of hydrogen-bond acceptors (Lipinski definition) is 10. The van der Waals surface area contributed by atoms with Crippen molar-refractivity contribution in [2.45, 2.75) is 42.2 Å². The van der Waals surface area contributed by atoms with Gasteiger partial charge in [0.2, 0.25) is 16.8 Å². The van der Waals surface area contributed by atoms with Gasteiger partial charge < -0.3 is 29.0 Å². The number of pyridine rings is 1. The quantitative estimate of drug-likeness (QED) is 0.507. The van der Waals surface area contributed by atoms with E-state index in [0.717, 1.165) is 37.3 Å². The molecule has 1 unspecified atom stereocenters. The Bertz CT molecular complexity index is 1200. The summed E-state index contributed by atoms with van der Waals surface area (Å²) in [7, 11) is -2.46. The highest BCUT2D eigenvalue weighted by molar-refractivity contribution is 7.99. The molecule has 0 radical (unpaired) electrons. The van der Waals surface area contributed by atoms with Gasteiger partial charge in [0.15, 0.2) is 23.1 Å². The summed E-state index contributed by atoms with van der Waals surface area (Å²) in [6.45, 7) is 1.94. The van der Waals surface area contributed by atoms with Crippen LogP contribution in [0.25, 0.3) is 0 Å². The van der Waals surface area contributed by atoms with Crippen LogP contribution in [0.3, 0.4) is 0 Å². The summed E-state index contributed by atoms with van der Waals surface area (Å²) in [6.07, 6.45) is 4.55. The lowest BCUT2D eigenvalue weighted by molar-refractivity contribution is -0.0435. The number of nitrogens with zero attached hydrogens (tertiary/aromatic N) is 2. The molecule has 2 saturated heterocycles. The van der Waals surface area contributed by atoms with Crippen LogP contribution in [0.1, 0.15) is 37.3 Å². The van der Waals surface area contributed by atoms with Crippen molar-refractivity contribution in [1.82, 2.24) is 9.71 Å². The highest BCUT2D eigenvalue weighted by Crippen LogP contribution is 2.38. The van der Waals surface area contributed by atoms with E-state index in [2.05, 4.69) is 14.6 Å². The van der Waals surface area contributed by atoms with Gasteiger partial charge >= 0.3 is 0 Å². The predicted octanol–water partition coefficient (Wildman–Crippen LogP) is 2.71. The normalized spacial score (nSPS) is 20.0. The van der Waals surface area contributed by atoms with E-state index in [1.54, 1.807) is 18.2 Å². The van der Waals surface area contributed by atoms with Crippen LogP contribution < -0.4 is 23.8 Å². The molecule has 0 aliphatic carbocycles. The Hall–Kier alpha value is -2.25. The van der Waals surface area contributed by atoms with Crippen LogP contribution in [-0.2, 0) is 14.8 Å². The molecule has 5 rings (SSSR count). The molecule has 0 bridgehead atoms. The maximum atomic E-state index is 13.4. The van der Waals surface area contributed by atoms with E-state index >= 15 is 0 Å². The number of aliphatic hydroxyl groups is 1. The lowest BCUT2D eigenvalue weighted by atomic mass is 9.92. The molecule has 10 nitrogen and oxygen atoms in total. The average molecular weight is 552 g/mol. The van der Waals surface area contributed by atoms with Crippen LogP contribution in [0.15, 0.2) is 35.4 Å². The van der Waals surface area contributed by atoms with E-state index in [9.17, 15) is 13.5 Å². The van der Waals surface area contributed by atoms with Crippen LogP contribution >= 0.6 is 11.8 Å². The minimum Gasteiger partial charge on any atom is -0.493 e. The Labute approximate surface area is 221 Å². The minimum absolute atomic E-state index is 0.0105. The zero-order chi connectivity index (χ0) is 25.9. The first kappa shape index (κ1) is 26.4. The summed E-state index contributed by atoms with van der Waals surface area (Å²) >= 11 is 1.97. The molecule has 0 amide bonds. The van der Waals surface area contributed by atoms with Crippen LogP contribution in [0, 0.1) is 0 Å². The molecule has 1 aromatic heterocycles. The molecule has 3 aliphatic heterocycles. The van der Waals surface area contributed by atoms with E-state index in [1.807, 2.05) is 11.8 Å². The topological polar surface area (TPSA) is 119 Å². The van der Waals surface area contributed by atoms with Gasteiger partial charge in [0, 0.05) is 38.0 Å². The van der Waals surface area contributed by atoms with Crippen molar-refractivity contribution in [3.63, 3.8) is 0 Å². The predicted molar refractivity (Wildman–Crippen MR) is 140 cm³/mol. The largest absolute Gasteiger partial charge is 0.493 e. The summed E-state index contributed by atoms with van der Waals surface area (Å²) < 4.78 is 52.1. The SMILES string of the molecule is COc1cc(S(=O)(=O)NC(CCO)c2ccc3c(c2)OCO3)cnc1N1CCOC2(CCSCC2)CC1. The summed E-state index contributed by atoms with van der Waals surface area (Å²) in [5.74, 6) is 4.37. The van der Waals surface area contributed by atoms with E-state index in [-0.39, 0.29) is 30.3 Å². The third kappa shape index (κ3) is 5.78. The molecule has 202 valence electrons. The molecule has 12 heteroatoms. The van der Waals surface area contributed by atoms with Gasteiger partial charge in [-0.3, -0.25) is 0 Å². The molecule has 1 atom stereocenters. The molecule has 0 saturated carbocycles. The smallest absolute Gasteiger partial charge is 0.242 e. The van der Waals surface area contributed by atoms with Crippen molar-refractivity contribution in [2.24, 2.45) is 0 Å². The number of nitrogens with one attached hydrogen (secondary N) is 1. The standard InChI is InChI=1S/C25H33N3O7S2/c1-32-23-15-19(16-26-24(23)28-8-5-25(35-11-9-28)6-12-36-13-7-25)37(30,31)27-20(4-10-29)18-2-3-21-22(14-18)34-17-33-21/h2-3,14-16,20,27,29H,4-13,17H2,1H3. The molecule has 2 fully saturated rings. The fraction of sp³-hybridized carbons (Fsp3) is 0.560. The van der Waals surface area contributed by atoms with Gasteiger partial charge in [-0.15, -0.1) is 0 Å². The Morgan fingerprint density at radius 2 is 2.00 bits per heavy atom. The highest BCUT2D eigenvalue weighted by Gasteiger charge is 2.36. The molecular formula is C25H33N3O7S2. The van der Waals surface area contributed by atoms with Crippen molar-refractivity contribution in [2.75, 3.05) is 56.6 Å². The molecule has 37 heavy (non-hydrogen) atoms. The van der Waals surface area contributed by atoms with Gasteiger partial charge in [0.1, 0.15) is 4.90 Å². The highest BCUT2D eigenvalue weighted by atomic mass is 32.2. The van der Waals surface area contributed by atoms with E-state index < -0.39 is 16.1 Å². The van der Waals surface area contributed by atoms with Gasteiger partial charge in [0.05, 0.1) is 19.3 Å². The fourth-order valence-corrected chi connectivity index (χ4v) is 7.46. The Morgan fingerprint density at radius 1 is 1.19 bits per heavy atom. The molecular weight excluding hydrogens is 518 g/mol. The average Bonchev–Trinajstić information content (AvgIpc) is 3.29. The van der Waals surface area contributed by atoms with Crippen molar-refractivity contribution >= 4 is 27.6 Å². The van der Waals surface area contributed by atoms with Crippen molar-refractivity contribution < 1.29 is 32.5 Å². The Balaban J connectivity index is 1.34. The number of hydrogen-bond donors (Lipinski definition) is 2. The third-order valence-electron chi connectivity index (χ3n) is 7.16. The fourth-order valence-electron chi connectivity index (χ4n) is 5.01. The maximum Gasteiger partial charge on any atom is 0.242 e. The van der Waals surface area contributed by atoms with E-state index in [4.69, 9.17) is 18.9 Å². The lowest BCUT2D eigenvalue weighted by Crippen LogP contribution is -2.37. The lowest BCUT2D eigenvalue weighted by Gasteiger charge is -2.35. The van der Waals surface area contributed by atoms with Crippen LogP contribution in [0.4, 0.5) is 5.82 Å². The molecule has 2 N–H and O–H groups in total. The zero-order valence-corrected chi connectivity index (χ0v) is 22.5. The number of rotatable bonds is 8. The summed E-state index contributed by atoms with van der Waals surface area (Å²) in [4.78, 5) is 6.63. The number of fused-ring (bicyclic) bond motifs is 1. The molecule has 1 aromatic carbocycles. The third-order valence-corrected chi connectivity index (χ3v) is 9.59. The van der Waals surface area contributed by atoms with Crippen LogP contribution in [-0.4, -0.2) is 75.8 Å². The number of methoxy groups -OCH3 is 1. The molecule has 1 spiro atoms. The van der Waals surface area contributed by atoms with Gasteiger partial charge in [-0.2, -0.15) is 11.8 Å². The molecule has 3 aliphatic rings. The molecule has 4 heterocycles. The second kappa shape index (κ2) is 11.2. The first-order valence-corrected chi connectivity index (χ1v) is 15.1. The summed E-state index contributed by atoms with van der Waals surface area (Å²) in [5.41, 5.74) is 0.592. The number of benzene rings is 1. The molecule has 2 aromatic rings. The summed E-state index contributed by atoms with van der Waals surface area (Å²) in [6, 6.07) is 6.06. The van der Waals surface area contributed by atoms with Crippen molar-refractivity contribution in [3.8, 4) is 17.2 Å². The Kier molecular flexibility index (Phi) is 8.01. The van der Waals surface area contributed by atoms with Gasteiger partial charge in [-0.05, 0) is 54.9 Å². The number of sulfonamides is 1. The number of ether oxygens (including phenoxy) is 4.